The van der Waals surface area contributed by atoms with Crippen LogP contribution in [0.4, 0.5) is 0 Å². The third-order valence-electron chi connectivity index (χ3n) is 2.16. The van der Waals surface area contributed by atoms with Crippen molar-refractivity contribution in [2.24, 2.45) is 0 Å². The first-order valence-electron chi connectivity index (χ1n) is 5.73. The SMILES string of the molecule is CCCCCCCC(=O)ON(C)CCO.[Mn]. The van der Waals surface area contributed by atoms with Gasteiger partial charge in [-0.2, -0.15) is 0 Å². The Balaban J connectivity index is 0. The molecule has 0 rings (SSSR count). The molecule has 97 valence electrons. The minimum atomic E-state index is -0.206. The molecule has 0 unspecified atom stereocenters. The van der Waals surface area contributed by atoms with E-state index < -0.39 is 0 Å². The van der Waals surface area contributed by atoms with E-state index in [2.05, 4.69) is 6.92 Å². The van der Waals surface area contributed by atoms with Crippen LogP contribution >= 0.6 is 0 Å². The van der Waals surface area contributed by atoms with Crippen LogP contribution in [0.1, 0.15) is 45.4 Å². The summed E-state index contributed by atoms with van der Waals surface area (Å²) in [5, 5.41) is 9.96. The summed E-state index contributed by atoms with van der Waals surface area (Å²) in [7, 11) is 1.64. The maximum atomic E-state index is 11.2. The van der Waals surface area contributed by atoms with Gasteiger partial charge in [0.25, 0.3) is 0 Å². The second-order valence-corrected chi connectivity index (χ2v) is 3.70. The fourth-order valence-corrected chi connectivity index (χ4v) is 1.28. The first-order chi connectivity index (χ1) is 7.20. The van der Waals surface area contributed by atoms with Crippen molar-refractivity contribution < 1.29 is 31.8 Å². The van der Waals surface area contributed by atoms with E-state index in [1.807, 2.05) is 0 Å². The summed E-state index contributed by atoms with van der Waals surface area (Å²) in [6, 6.07) is 0. The van der Waals surface area contributed by atoms with Gasteiger partial charge in [-0.15, -0.1) is 5.06 Å². The monoisotopic (exact) mass is 272 g/mol. The summed E-state index contributed by atoms with van der Waals surface area (Å²) in [6.45, 7) is 2.53. The van der Waals surface area contributed by atoms with E-state index in [0.29, 0.717) is 13.0 Å². The van der Waals surface area contributed by atoms with Gasteiger partial charge >= 0.3 is 5.97 Å². The van der Waals surface area contributed by atoms with Gasteiger partial charge in [0, 0.05) is 30.5 Å². The molecule has 0 aliphatic carbocycles. The summed E-state index contributed by atoms with van der Waals surface area (Å²) in [6.07, 6.45) is 6.09. The molecule has 4 nitrogen and oxygen atoms in total. The molecule has 0 fully saturated rings. The second kappa shape index (κ2) is 13.0. The summed E-state index contributed by atoms with van der Waals surface area (Å²) in [5.74, 6) is -0.206. The van der Waals surface area contributed by atoms with Gasteiger partial charge in [0.05, 0.1) is 13.2 Å². The molecule has 0 atom stereocenters. The van der Waals surface area contributed by atoms with E-state index >= 15 is 0 Å². The Morgan fingerprint density at radius 2 is 1.88 bits per heavy atom. The molecule has 0 aromatic heterocycles. The van der Waals surface area contributed by atoms with E-state index in [-0.39, 0.29) is 29.6 Å². The molecule has 1 N–H and O–H groups in total. The van der Waals surface area contributed by atoms with Crippen molar-refractivity contribution in [2.45, 2.75) is 45.4 Å². The topological polar surface area (TPSA) is 49.8 Å². The molecule has 0 saturated heterocycles. The molecule has 0 aliphatic heterocycles. The van der Waals surface area contributed by atoms with Gasteiger partial charge in [-0.3, -0.25) is 4.79 Å². The van der Waals surface area contributed by atoms with Crippen LogP contribution < -0.4 is 0 Å². The predicted octanol–water partition coefficient (Wildman–Crippen LogP) is 1.73. The molecule has 0 saturated carbocycles. The van der Waals surface area contributed by atoms with Gasteiger partial charge in [0.15, 0.2) is 0 Å². The number of likely N-dealkylation sites (N-methyl/N-ethyl adjacent to an activating group) is 1. The average Bonchev–Trinajstić information content (AvgIpc) is 2.17. The molecule has 0 bridgehead atoms. The Morgan fingerprint density at radius 1 is 1.25 bits per heavy atom. The number of aliphatic hydroxyl groups is 1. The van der Waals surface area contributed by atoms with E-state index in [4.69, 9.17) is 9.94 Å². The summed E-state index contributed by atoms with van der Waals surface area (Å²) in [5.41, 5.74) is 0. The number of aliphatic hydroxyl groups excluding tert-OH is 1. The number of rotatable bonds is 9. The zero-order chi connectivity index (χ0) is 11.5. The molecule has 0 heterocycles. The normalized spacial score (nSPS) is 10.0. The van der Waals surface area contributed by atoms with Gasteiger partial charge in [-0.1, -0.05) is 32.6 Å². The van der Waals surface area contributed by atoms with Gasteiger partial charge in [0.1, 0.15) is 0 Å². The summed E-state index contributed by atoms with van der Waals surface area (Å²) < 4.78 is 0. The average molecular weight is 272 g/mol. The van der Waals surface area contributed by atoms with Crippen LogP contribution in [0, 0.1) is 0 Å². The van der Waals surface area contributed by atoms with Crippen molar-refractivity contribution in [3.8, 4) is 0 Å². The van der Waals surface area contributed by atoms with Gasteiger partial charge in [0.2, 0.25) is 0 Å². The fraction of sp³-hybridized carbons (Fsp3) is 0.909. The number of hydroxylamine groups is 2. The minimum absolute atomic E-state index is 0. The van der Waals surface area contributed by atoms with Crippen molar-refractivity contribution in [3.63, 3.8) is 0 Å². The third kappa shape index (κ3) is 12.0. The van der Waals surface area contributed by atoms with Crippen molar-refractivity contribution >= 4 is 5.97 Å². The first-order valence-corrected chi connectivity index (χ1v) is 5.73. The summed E-state index contributed by atoms with van der Waals surface area (Å²) in [4.78, 5) is 16.1. The number of carbonyl (C=O) groups is 1. The number of nitrogens with zero attached hydrogens (tertiary/aromatic N) is 1. The Kier molecular flexibility index (Phi) is 14.8. The standard InChI is InChI=1S/C11H23NO3.Mn/c1-3-4-5-6-7-8-11(14)15-12(2)9-10-13;/h13H,3-10H2,1-2H3;. The zero-order valence-electron chi connectivity index (χ0n) is 10.2. The molecular formula is C11H23MnNO3. The van der Waals surface area contributed by atoms with Crippen LogP contribution in [0.2, 0.25) is 0 Å². The summed E-state index contributed by atoms with van der Waals surface area (Å²) >= 11 is 0. The van der Waals surface area contributed by atoms with E-state index in [9.17, 15) is 4.79 Å². The molecule has 0 spiro atoms. The molecule has 0 aliphatic rings. The maximum Gasteiger partial charge on any atom is 0.325 e. The van der Waals surface area contributed by atoms with Crippen LogP contribution in [0.3, 0.4) is 0 Å². The molecule has 0 aromatic rings. The van der Waals surface area contributed by atoms with Crippen molar-refractivity contribution in [2.75, 3.05) is 20.2 Å². The smallest absolute Gasteiger partial charge is 0.325 e. The molecule has 16 heavy (non-hydrogen) atoms. The molecule has 1 radical (unpaired) electrons. The van der Waals surface area contributed by atoms with E-state index in [1.54, 1.807) is 7.05 Å². The van der Waals surface area contributed by atoms with Gasteiger partial charge < -0.3 is 9.94 Å². The van der Waals surface area contributed by atoms with Crippen LogP contribution in [0.15, 0.2) is 0 Å². The maximum absolute atomic E-state index is 11.2. The Bertz CT molecular complexity index is 167. The van der Waals surface area contributed by atoms with Gasteiger partial charge in [-0.05, 0) is 6.42 Å². The first kappa shape index (κ1) is 18.3. The van der Waals surface area contributed by atoms with Crippen LogP contribution in [0.5, 0.6) is 0 Å². The number of unbranched alkanes of at least 4 members (excludes halogenated alkanes) is 4. The molecule has 0 aromatic carbocycles. The number of hydrogen-bond acceptors (Lipinski definition) is 4. The Morgan fingerprint density at radius 3 is 2.44 bits per heavy atom. The minimum Gasteiger partial charge on any atom is -0.395 e. The quantitative estimate of drug-likeness (QED) is 0.394. The van der Waals surface area contributed by atoms with Gasteiger partial charge in [-0.25, -0.2) is 0 Å². The Labute approximate surface area is 109 Å². The van der Waals surface area contributed by atoms with Crippen LogP contribution in [-0.4, -0.2) is 36.3 Å². The predicted molar refractivity (Wildman–Crippen MR) is 59.2 cm³/mol. The van der Waals surface area contributed by atoms with Crippen molar-refractivity contribution in [1.82, 2.24) is 5.06 Å². The number of hydrogen-bond donors (Lipinski definition) is 1. The van der Waals surface area contributed by atoms with E-state index in [0.717, 1.165) is 12.8 Å². The molecular weight excluding hydrogens is 249 g/mol. The van der Waals surface area contributed by atoms with Crippen LogP contribution in [-0.2, 0) is 26.7 Å². The molecule has 5 heteroatoms. The van der Waals surface area contributed by atoms with E-state index in [1.165, 1.54) is 24.3 Å². The second-order valence-electron chi connectivity index (χ2n) is 3.70. The fourth-order valence-electron chi connectivity index (χ4n) is 1.28. The Hall–Kier alpha value is -0.0905. The van der Waals surface area contributed by atoms with Crippen molar-refractivity contribution in [3.05, 3.63) is 0 Å². The largest absolute Gasteiger partial charge is 0.395 e. The molecule has 0 amide bonds. The zero-order valence-corrected chi connectivity index (χ0v) is 11.4. The number of carbonyl (C=O) groups excluding carboxylic acids is 1. The van der Waals surface area contributed by atoms with Crippen molar-refractivity contribution in [1.29, 1.82) is 0 Å². The third-order valence-corrected chi connectivity index (χ3v) is 2.16. The van der Waals surface area contributed by atoms with Crippen LogP contribution in [0.25, 0.3) is 0 Å².